The number of anilines is 2. The molecule has 2 unspecified atom stereocenters. The van der Waals surface area contributed by atoms with Gasteiger partial charge in [-0.3, -0.25) is 4.79 Å². The van der Waals surface area contributed by atoms with Crippen molar-refractivity contribution in [3.05, 3.63) is 24.0 Å². The molecule has 4 nitrogen and oxygen atoms in total. The molecule has 1 fully saturated rings. The van der Waals surface area contributed by atoms with Crippen molar-refractivity contribution in [3.8, 4) is 0 Å². The second-order valence-corrected chi connectivity index (χ2v) is 4.20. The molecular weight excluding hydrogens is 223 g/mol. The molecule has 3 N–H and O–H groups in total. The predicted octanol–water partition coefficient (Wildman–Crippen LogP) is 1.77. The number of nitrogen functional groups attached to an aromatic ring is 1. The van der Waals surface area contributed by atoms with E-state index in [1.165, 1.54) is 12.1 Å². The Bertz CT molecular complexity index is 437. The van der Waals surface area contributed by atoms with Crippen LogP contribution in [0.4, 0.5) is 15.8 Å². The number of halogens is 1. The van der Waals surface area contributed by atoms with Gasteiger partial charge in [0, 0.05) is 12.3 Å². The van der Waals surface area contributed by atoms with E-state index in [4.69, 9.17) is 10.5 Å². The molecule has 2 atom stereocenters. The van der Waals surface area contributed by atoms with E-state index < -0.39 is 5.82 Å². The van der Waals surface area contributed by atoms with Gasteiger partial charge in [-0.25, -0.2) is 4.39 Å². The molecule has 0 saturated carbocycles. The Morgan fingerprint density at radius 2 is 2.35 bits per heavy atom. The van der Waals surface area contributed by atoms with Crippen LogP contribution in [0.5, 0.6) is 0 Å². The number of hydrogen-bond acceptors (Lipinski definition) is 3. The van der Waals surface area contributed by atoms with Crippen LogP contribution in [0.15, 0.2) is 18.2 Å². The van der Waals surface area contributed by atoms with Crippen LogP contribution in [-0.2, 0) is 9.53 Å². The van der Waals surface area contributed by atoms with Gasteiger partial charge in [-0.15, -0.1) is 0 Å². The molecule has 1 aromatic carbocycles. The maximum atomic E-state index is 13.5. The fourth-order valence-electron chi connectivity index (χ4n) is 1.93. The Balaban J connectivity index is 2.07. The zero-order valence-electron chi connectivity index (χ0n) is 9.57. The summed E-state index contributed by atoms with van der Waals surface area (Å²) in [5, 5.41) is 2.56. The monoisotopic (exact) mass is 238 g/mol. The van der Waals surface area contributed by atoms with Gasteiger partial charge in [0.1, 0.15) is 5.82 Å². The van der Waals surface area contributed by atoms with Gasteiger partial charge < -0.3 is 15.8 Å². The SMILES string of the molecule is CC1OCCC1C(=O)Nc1ccc(N)cc1F. The minimum atomic E-state index is -0.523. The number of hydrogen-bond donors (Lipinski definition) is 2. The van der Waals surface area contributed by atoms with E-state index in [9.17, 15) is 9.18 Å². The van der Waals surface area contributed by atoms with Crippen molar-refractivity contribution in [1.82, 2.24) is 0 Å². The normalized spacial score (nSPS) is 23.6. The number of benzene rings is 1. The van der Waals surface area contributed by atoms with Gasteiger partial charge >= 0.3 is 0 Å². The van der Waals surface area contributed by atoms with E-state index in [1.807, 2.05) is 6.92 Å². The number of nitrogens with one attached hydrogen (secondary N) is 1. The molecule has 1 saturated heterocycles. The summed E-state index contributed by atoms with van der Waals surface area (Å²) < 4.78 is 18.8. The minimum absolute atomic E-state index is 0.119. The van der Waals surface area contributed by atoms with Crippen molar-refractivity contribution in [2.24, 2.45) is 5.92 Å². The smallest absolute Gasteiger partial charge is 0.230 e. The van der Waals surface area contributed by atoms with E-state index in [0.29, 0.717) is 18.7 Å². The fourth-order valence-corrected chi connectivity index (χ4v) is 1.93. The molecule has 0 bridgehead atoms. The molecule has 92 valence electrons. The van der Waals surface area contributed by atoms with Crippen LogP contribution >= 0.6 is 0 Å². The Morgan fingerprint density at radius 1 is 1.59 bits per heavy atom. The van der Waals surface area contributed by atoms with E-state index in [-0.39, 0.29) is 23.6 Å². The molecule has 5 heteroatoms. The summed E-state index contributed by atoms with van der Waals surface area (Å²) in [6.45, 7) is 2.42. The number of carbonyl (C=O) groups is 1. The van der Waals surface area contributed by atoms with Crippen LogP contribution < -0.4 is 11.1 Å². The van der Waals surface area contributed by atoms with Crippen molar-refractivity contribution < 1.29 is 13.9 Å². The average molecular weight is 238 g/mol. The Hall–Kier alpha value is -1.62. The first-order valence-corrected chi connectivity index (χ1v) is 5.55. The van der Waals surface area contributed by atoms with Crippen LogP contribution in [0.25, 0.3) is 0 Å². The van der Waals surface area contributed by atoms with Gasteiger partial charge in [-0.1, -0.05) is 0 Å². The summed E-state index contributed by atoms with van der Waals surface area (Å²) in [5.74, 6) is -0.949. The van der Waals surface area contributed by atoms with Crippen molar-refractivity contribution in [3.63, 3.8) is 0 Å². The summed E-state index contributed by atoms with van der Waals surface area (Å²) in [4.78, 5) is 11.9. The van der Waals surface area contributed by atoms with E-state index in [1.54, 1.807) is 6.07 Å². The molecule has 0 spiro atoms. The number of ether oxygens (including phenoxy) is 1. The highest BCUT2D eigenvalue weighted by atomic mass is 19.1. The molecule has 1 heterocycles. The standard InChI is InChI=1S/C12H15FN2O2/c1-7-9(4-5-17-7)12(16)15-11-3-2-8(14)6-10(11)13/h2-3,6-7,9H,4-5,14H2,1H3,(H,15,16). The van der Waals surface area contributed by atoms with Crippen molar-refractivity contribution in [2.75, 3.05) is 17.7 Å². The topological polar surface area (TPSA) is 64.3 Å². The summed E-state index contributed by atoms with van der Waals surface area (Å²) in [6.07, 6.45) is 0.552. The van der Waals surface area contributed by atoms with Gasteiger partial charge in [0.15, 0.2) is 0 Å². The van der Waals surface area contributed by atoms with Gasteiger partial charge in [-0.2, -0.15) is 0 Å². The van der Waals surface area contributed by atoms with Crippen LogP contribution in [0, 0.1) is 11.7 Å². The highest BCUT2D eigenvalue weighted by Gasteiger charge is 2.31. The third kappa shape index (κ3) is 2.55. The largest absolute Gasteiger partial charge is 0.399 e. The first-order chi connectivity index (χ1) is 8.08. The second kappa shape index (κ2) is 4.71. The number of nitrogens with two attached hydrogens (primary N) is 1. The molecule has 1 amide bonds. The lowest BCUT2D eigenvalue weighted by atomic mass is 10.0. The van der Waals surface area contributed by atoms with Gasteiger partial charge in [0.25, 0.3) is 0 Å². The second-order valence-electron chi connectivity index (χ2n) is 4.20. The molecule has 1 aliphatic heterocycles. The van der Waals surface area contributed by atoms with E-state index >= 15 is 0 Å². The van der Waals surface area contributed by atoms with Gasteiger partial charge in [-0.05, 0) is 31.5 Å². The molecule has 17 heavy (non-hydrogen) atoms. The van der Waals surface area contributed by atoms with Crippen LogP contribution in [0.2, 0.25) is 0 Å². The van der Waals surface area contributed by atoms with Crippen LogP contribution in [0.3, 0.4) is 0 Å². The maximum Gasteiger partial charge on any atom is 0.230 e. The minimum Gasteiger partial charge on any atom is -0.399 e. The Kier molecular flexibility index (Phi) is 3.28. The first-order valence-electron chi connectivity index (χ1n) is 5.55. The zero-order chi connectivity index (χ0) is 12.4. The lowest BCUT2D eigenvalue weighted by Gasteiger charge is -2.14. The van der Waals surface area contributed by atoms with Gasteiger partial charge in [0.05, 0.1) is 17.7 Å². The molecule has 0 radical (unpaired) electrons. The van der Waals surface area contributed by atoms with E-state index in [0.717, 1.165) is 0 Å². The molecule has 0 aromatic heterocycles. The molecule has 0 aliphatic carbocycles. The summed E-state index contributed by atoms with van der Waals surface area (Å²) in [7, 11) is 0. The molecular formula is C12H15FN2O2. The summed E-state index contributed by atoms with van der Waals surface area (Å²) in [6, 6.07) is 4.19. The summed E-state index contributed by atoms with van der Waals surface area (Å²) in [5.41, 5.74) is 5.92. The Labute approximate surface area is 98.9 Å². The van der Waals surface area contributed by atoms with E-state index in [2.05, 4.69) is 5.32 Å². The number of rotatable bonds is 2. The summed E-state index contributed by atoms with van der Waals surface area (Å²) >= 11 is 0. The Morgan fingerprint density at radius 3 is 2.94 bits per heavy atom. The third-order valence-electron chi connectivity index (χ3n) is 2.96. The number of amides is 1. The van der Waals surface area contributed by atoms with Crippen molar-refractivity contribution in [2.45, 2.75) is 19.4 Å². The zero-order valence-corrected chi connectivity index (χ0v) is 9.57. The lowest BCUT2D eigenvalue weighted by Crippen LogP contribution is -2.28. The maximum absolute atomic E-state index is 13.5. The van der Waals surface area contributed by atoms with Crippen molar-refractivity contribution in [1.29, 1.82) is 0 Å². The predicted molar refractivity (Wildman–Crippen MR) is 63.0 cm³/mol. The molecule has 1 aliphatic rings. The average Bonchev–Trinajstić information content (AvgIpc) is 2.68. The van der Waals surface area contributed by atoms with Crippen molar-refractivity contribution >= 4 is 17.3 Å². The molecule has 1 aromatic rings. The third-order valence-corrected chi connectivity index (χ3v) is 2.96. The lowest BCUT2D eigenvalue weighted by molar-refractivity contribution is -0.121. The van der Waals surface area contributed by atoms with Gasteiger partial charge in [0.2, 0.25) is 5.91 Å². The first kappa shape index (κ1) is 11.9. The fraction of sp³-hybridized carbons (Fsp3) is 0.417. The molecule has 2 rings (SSSR count). The van der Waals surface area contributed by atoms with Crippen LogP contribution in [-0.4, -0.2) is 18.6 Å². The highest BCUT2D eigenvalue weighted by molar-refractivity contribution is 5.93. The van der Waals surface area contributed by atoms with Crippen LogP contribution in [0.1, 0.15) is 13.3 Å². The highest BCUT2D eigenvalue weighted by Crippen LogP contribution is 2.23. The quantitative estimate of drug-likeness (QED) is 0.772. The number of carbonyl (C=O) groups excluding carboxylic acids is 1.